The van der Waals surface area contributed by atoms with E-state index in [1.54, 1.807) is 24.5 Å². The molecule has 0 saturated heterocycles. The Morgan fingerprint density at radius 2 is 1.38 bits per heavy atom. The molecule has 1 heterocycles. The Morgan fingerprint density at radius 1 is 0.750 bits per heavy atom. The third-order valence-electron chi connectivity index (χ3n) is 5.12. The first-order chi connectivity index (χ1) is 15.7. The fraction of sp³-hybridized carbons (Fsp3) is 0.0741. The molecule has 0 unspecified atom stereocenters. The molecule has 4 rings (SSSR count). The molecule has 0 aliphatic rings. The molecule has 5 nitrogen and oxygen atoms in total. The van der Waals surface area contributed by atoms with Crippen molar-refractivity contribution in [3.63, 3.8) is 0 Å². The molecule has 0 spiro atoms. The minimum atomic E-state index is -0.396. The number of nitrogens with one attached hydrogen (secondary N) is 2. The number of pyridine rings is 1. The van der Waals surface area contributed by atoms with E-state index in [9.17, 15) is 9.59 Å². The van der Waals surface area contributed by atoms with Gasteiger partial charge in [-0.2, -0.15) is 0 Å². The van der Waals surface area contributed by atoms with Crippen LogP contribution in [0, 0.1) is 0 Å². The molecule has 0 saturated carbocycles. The molecule has 0 aliphatic heterocycles. The predicted molar refractivity (Wildman–Crippen MR) is 125 cm³/mol. The van der Waals surface area contributed by atoms with E-state index in [4.69, 9.17) is 0 Å². The van der Waals surface area contributed by atoms with E-state index in [1.807, 2.05) is 84.9 Å². The Morgan fingerprint density at radius 3 is 2.00 bits per heavy atom. The van der Waals surface area contributed by atoms with Crippen LogP contribution < -0.4 is 10.6 Å². The number of amides is 2. The van der Waals surface area contributed by atoms with Crippen molar-refractivity contribution < 1.29 is 9.59 Å². The third-order valence-corrected chi connectivity index (χ3v) is 5.12. The van der Waals surface area contributed by atoms with Crippen LogP contribution in [0.4, 0.5) is 5.69 Å². The van der Waals surface area contributed by atoms with Gasteiger partial charge in [-0.1, -0.05) is 72.8 Å². The average Bonchev–Trinajstić information content (AvgIpc) is 2.85. The second kappa shape index (κ2) is 10.2. The first-order valence-corrected chi connectivity index (χ1v) is 10.4. The van der Waals surface area contributed by atoms with Crippen LogP contribution in [0.25, 0.3) is 0 Å². The number of aromatic nitrogens is 1. The fourth-order valence-electron chi connectivity index (χ4n) is 3.54. The highest BCUT2D eigenvalue weighted by Crippen LogP contribution is 2.25. The number of anilines is 1. The van der Waals surface area contributed by atoms with Gasteiger partial charge >= 0.3 is 0 Å². The summed E-state index contributed by atoms with van der Waals surface area (Å²) in [5, 5.41) is 5.93. The van der Waals surface area contributed by atoms with Gasteiger partial charge in [-0.25, -0.2) is 0 Å². The van der Waals surface area contributed by atoms with Crippen LogP contribution in [-0.4, -0.2) is 16.8 Å². The molecule has 0 atom stereocenters. The summed E-state index contributed by atoms with van der Waals surface area (Å²) in [6, 6.07) is 30.3. The van der Waals surface area contributed by atoms with E-state index in [-0.39, 0.29) is 11.8 Å². The largest absolute Gasteiger partial charge is 0.351 e. The van der Waals surface area contributed by atoms with Crippen LogP contribution in [0.1, 0.15) is 33.0 Å². The summed E-state index contributed by atoms with van der Waals surface area (Å²) in [6.07, 6.45) is 3.16. The standard InChI is InChI=1S/C27H23N3O2/c31-26(23-14-16-28-17-15-23)30-24-13-7-8-20(18-24)19-29-27(32)25(21-9-3-1-4-10-21)22-11-5-2-6-12-22/h1-18,25H,19H2,(H,29,32)(H,30,31). The zero-order valence-corrected chi connectivity index (χ0v) is 17.4. The molecule has 2 N–H and O–H groups in total. The summed E-state index contributed by atoms with van der Waals surface area (Å²) < 4.78 is 0. The number of hydrogen-bond acceptors (Lipinski definition) is 3. The molecule has 1 aromatic heterocycles. The summed E-state index contributed by atoms with van der Waals surface area (Å²) in [4.78, 5) is 29.5. The van der Waals surface area contributed by atoms with Gasteiger partial charge in [0.05, 0.1) is 5.92 Å². The van der Waals surface area contributed by atoms with E-state index >= 15 is 0 Å². The average molecular weight is 422 g/mol. The topological polar surface area (TPSA) is 71.1 Å². The lowest BCUT2D eigenvalue weighted by Gasteiger charge is -2.18. The Bertz CT molecular complexity index is 1140. The SMILES string of the molecule is O=C(Nc1cccc(CNC(=O)C(c2ccccc2)c2ccccc2)c1)c1ccncc1. The van der Waals surface area contributed by atoms with Crippen molar-refractivity contribution in [3.05, 3.63) is 132 Å². The van der Waals surface area contributed by atoms with Crippen molar-refractivity contribution in [1.82, 2.24) is 10.3 Å². The number of rotatable bonds is 7. The van der Waals surface area contributed by atoms with E-state index in [0.29, 0.717) is 17.8 Å². The molecule has 0 fully saturated rings. The second-order valence-corrected chi connectivity index (χ2v) is 7.36. The smallest absolute Gasteiger partial charge is 0.255 e. The van der Waals surface area contributed by atoms with Gasteiger partial charge in [0.1, 0.15) is 0 Å². The Kier molecular flexibility index (Phi) is 6.68. The van der Waals surface area contributed by atoms with E-state index in [2.05, 4.69) is 15.6 Å². The molecule has 0 bridgehead atoms. The summed E-state index contributed by atoms with van der Waals surface area (Å²) in [5.41, 5.74) is 3.98. The van der Waals surface area contributed by atoms with E-state index in [0.717, 1.165) is 16.7 Å². The lowest BCUT2D eigenvalue weighted by atomic mass is 9.90. The van der Waals surface area contributed by atoms with Crippen molar-refractivity contribution >= 4 is 17.5 Å². The maximum atomic E-state index is 13.2. The van der Waals surface area contributed by atoms with Crippen molar-refractivity contribution in [2.75, 3.05) is 5.32 Å². The first-order valence-electron chi connectivity index (χ1n) is 10.4. The van der Waals surface area contributed by atoms with Crippen molar-refractivity contribution in [3.8, 4) is 0 Å². The molecular formula is C27H23N3O2. The van der Waals surface area contributed by atoms with Gasteiger partial charge in [-0.05, 0) is 41.0 Å². The van der Waals surface area contributed by atoms with Gasteiger partial charge < -0.3 is 10.6 Å². The van der Waals surface area contributed by atoms with Gasteiger partial charge in [0.2, 0.25) is 5.91 Å². The Hall–Kier alpha value is -4.25. The predicted octanol–water partition coefficient (Wildman–Crippen LogP) is 4.78. The number of carbonyl (C=O) groups is 2. The maximum Gasteiger partial charge on any atom is 0.255 e. The number of benzene rings is 3. The fourth-order valence-corrected chi connectivity index (χ4v) is 3.54. The highest BCUT2D eigenvalue weighted by Gasteiger charge is 2.22. The highest BCUT2D eigenvalue weighted by molar-refractivity contribution is 6.04. The molecule has 32 heavy (non-hydrogen) atoms. The first kappa shape index (κ1) is 21.0. The normalized spacial score (nSPS) is 10.5. The summed E-state index contributed by atoms with van der Waals surface area (Å²) in [6.45, 7) is 0.355. The molecule has 4 aromatic rings. The van der Waals surface area contributed by atoms with Crippen LogP contribution >= 0.6 is 0 Å². The molecule has 0 aliphatic carbocycles. The van der Waals surface area contributed by atoms with Crippen LogP contribution in [0.3, 0.4) is 0 Å². The zero-order valence-electron chi connectivity index (χ0n) is 17.4. The Labute approximate surface area is 187 Å². The van der Waals surface area contributed by atoms with Gasteiger partial charge in [0.15, 0.2) is 0 Å². The molecule has 158 valence electrons. The van der Waals surface area contributed by atoms with Gasteiger partial charge in [-0.3, -0.25) is 14.6 Å². The summed E-state index contributed by atoms with van der Waals surface area (Å²) in [7, 11) is 0. The number of nitrogens with zero attached hydrogens (tertiary/aromatic N) is 1. The summed E-state index contributed by atoms with van der Waals surface area (Å²) >= 11 is 0. The minimum Gasteiger partial charge on any atom is -0.351 e. The Balaban J connectivity index is 1.46. The second-order valence-electron chi connectivity index (χ2n) is 7.36. The van der Waals surface area contributed by atoms with Crippen molar-refractivity contribution in [2.24, 2.45) is 0 Å². The quantitative estimate of drug-likeness (QED) is 0.451. The molecule has 5 heteroatoms. The van der Waals surface area contributed by atoms with Gasteiger partial charge in [0.25, 0.3) is 5.91 Å². The molecule has 0 radical (unpaired) electrons. The van der Waals surface area contributed by atoms with Crippen molar-refractivity contribution in [1.29, 1.82) is 0 Å². The van der Waals surface area contributed by atoms with Crippen LogP contribution in [0.2, 0.25) is 0 Å². The molecule has 2 amide bonds. The summed E-state index contributed by atoms with van der Waals surface area (Å²) in [5.74, 6) is -0.678. The van der Waals surface area contributed by atoms with E-state index in [1.165, 1.54) is 0 Å². The van der Waals surface area contributed by atoms with Crippen LogP contribution in [0.15, 0.2) is 109 Å². The third kappa shape index (κ3) is 5.26. The van der Waals surface area contributed by atoms with Crippen LogP contribution in [0.5, 0.6) is 0 Å². The van der Waals surface area contributed by atoms with Gasteiger partial charge in [-0.15, -0.1) is 0 Å². The minimum absolute atomic E-state index is 0.0753. The zero-order chi connectivity index (χ0) is 22.2. The van der Waals surface area contributed by atoms with Gasteiger partial charge in [0, 0.05) is 30.2 Å². The number of carbonyl (C=O) groups excluding carboxylic acids is 2. The van der Waals surface area contributed by atoms with Crippen molar-refractivity contribution in [2.45, 2.75) is 12.5 Å². The molecule has 3 aromatic carbocycles. The van der Waals surface area contributed by atoms with Crippen LogP contribution in [-0.2, 0) is 11.3 Å². The number of hydrogen-bond donors (Lipinski definition) is 2. The lowest BCUT2D eigenvalue weighted by molar-refractivity contribution is -0.121. The maximum absolute atomic E-state index is 13.2. The monoisotopic (exact) mass is 421 g/mol. The van der Waals surface area contributed by atoms with E-state index < -0.39 is 5.92 Å². The molecular weight excluding hydrogens is 398 g/mol. The lowest BCUT2D eigenvalue weighted by Crippen LogP contribution is -2.29. The highest BCUT2D eigenvalue weighted by atomic mass is 16.2.